The van der Waals surface area contributed by atoms with E-state index in [1.165, 1.54) is 0 Å². The summed E-state index contributed by atoms with van der Waals surface area (Å²) in [6, 6.07) is 12.3. The number of fused-ring (bicyclic) bond motifs is 2. The summed E-state index contributed by atoms with van der Waals surface area (Å²) in [5, 5.41) is 0. The van der Waals surface area contributed by atoms with E-state index in [1.54, 1.807) is 0 Å². The first-order chi connectivity index (χ1) is 9.56. The molecule has 0 radical (unpaired) electrons. The van der Waals surface area contributed by atoms with Crippen LogP contribution in [-0.2, 0) is 0 Å². The fourth-order valence-corrected chi connectivity index (χ4v) is 2.31. The Morgan fingerprint density at radius 2 is 1.55 bits per heavy atom. The zero-order chi connectivity index (χ0) is 14.3. The van der Waals surface area contributed by atoms with Gasteiger partial charge in [-0.25, -0.2) is 9.97 Å². The molecule has 0 aliphatic heterocycles. The highest BCUT2D eigenvalue weighted by atomic mass is 15.1. The molecule has 1 heterocycles. The largest absolute Gasteiger partial charge is 0.378 e. The molecule has 102 valence electrons. The zero-order valence-corrected chi connectivity index (χ0v) is 12.3. The highest BCUT2D eigenvalue weighted by Crippen LogP contribution is 2.26. The molecule has 0 saturated carbocycles. The van der Waals surface area contributed by atoms with Crippen molar-refractivity contribution in [1.29, 1.82) is 0 Å². The summed E-state index contributed by atoms with van der Waals surface area (Å²) in [7, 11) is 8.11. The molecule has 1 aromatic heterocycles. The van der Waals surface area contributed by atoms with Gasteiger partial charge in [-0.3, -0.25) is 0 Å². The number of rotatable bonds is 2. The van der Waals surface area contributed by atoms with Gasteiger partial charge in [-0.2, -0.15) is 0 Å². The molecule has 0 atom stereocenters. The molecule has 3 rings (SSSR count). The molecule has 0 fully saturated rings. The van der Waals surface area contributed by atoms with E-state index in [0.717, 1.165) is 33.4 Å². The SMILES string of the molecule is CN(C)c1ccc2nc3cccc(N(C)C)c3nc2c1. The number of anilines is 2. The number of hydrogen-bond acceptors (Lipinski definition) is 4. The molecule has 2 aromatic carbocycles. The summed E-state index contributed by atoms with van der Waals surface area (Å²) in [5.74, 6) is 0. The molecule has 0 amide bonds. The van der Waals surface area contributed by atoms with Gasteiger partial charge in [0.25, 0.3) is 0 Å². The molecular weight excluding hydrogens is 248 g/mol. The molecule has 0 spiro atoms. The lowest BCUT2D eigenvalue weighted by molar-refractivity contribution is 1.13. The van der Waals surface area contributed by atoms with Gasteiger partial charge in [0.15, 0.2) is 0 Å². The first-order valence-corrected chi connectivity index (χ1v) is 6.61. The van der Waals surface area contributed by atoms with Crippen LogP contribution in [-0.4, -0.2) is 38.2 Å². The van der Waals surface area contributed by atoms with Crippen molar-refractivity contribution < 1.29 is 0 Å². The van der Waals surface area contributed by atoms with Crippen molar-refractivity contribution in [3.05, 3.63) is 36.4 Å². The van der Waals surface area contributed by atoms with Crippen LogP contribution >= 0.6 is 0 Å². The van der Waals surface area contributed by atoms with Crippen molar-refractivity contribution in [3.8, 4) is 0 Å². The van der Waals surface area contributed by atoms with Crippen LogP contribution < -0.4 is 9.80 Å². The quantitative estimate of drug-likeness (QED) is 0.668. The number of nitrogens with zero attached hydrogens (tertiary/aromatic N) is 4. The number of aromatic nitrogens is 2. The summed E-state index contributed by atoms with van der Waals surface area (Å²) in [5.41, 5.74) is 5.96. The average Bonchev–Trinajstić information content (AvgIpc) is 2.43. The molecule has 4 heteroatoms. The summed E-state index contributed by atoms with van der Waals surface area (Å²) in [4.78, 5) is 13.7. The summed E-state index contributed by atoms with van der Waals surface area (Å²) < 4.78 is 0. The Hall–Kier alpha value is -2.36. The Labute approximate surface area is 118 Å². The van der Waals surface area contributed by atoms with Gasteiger partial charge in [0.2, 0.25) is 0 Å². The van der Waals surface area contributed by atoms with E-state index in [-0.39, 0.29) is 0 Å². The van der Waals surface area contributed by atoms with E-state index in [9.17, 15) is 0 Å². The second kappa shape index (κ2) is 4.63. The molecule has 20 heavy (non-hydrogen) atoms. The van der Waals surface area contributed by atoms with Gasteiger partial charge in [0.05, 0.1) is 22.2 Å². The van der Waals surface area contributed by atoms with E-state index in [0.29, 0.717) is 0 Å². The predicted molar refractivity (Wildman–Crippen MR) is 85.7 cm³/mol. The smallest absolute Gasteiger partial charge is 0.113 e. The number of benzene rings is 2. The third-order valence-electron chi connectivity index (χ3n) is 3.42. The van der Waals surface area contributed by atoms with Gasteiger partial charge >= 0.3 is 0 Å². The van der Waals surface area contributed by atoms with Gasteiger partial charge in [0.1, 0.15) is 5.52 Å². The maximum atomic E-state index is 4.81. The molecule has 4 nitrogen and oxygen atoms in total. The molecule has 0 unspecified atom stereocenters. The molecular formula is C16H18N4. The lowest BCUT2D eigenvalue weighted by Crippen LogP contribution is -2.10. The van der Waals surface area contributed by atoms with Gasteiger partial charge < -0.3 is 9.80 Å². The summed E-state index contributed by atoms with van der Waals surface area (Å²) >= 11 is 0. The van der Waals surface area contributed by atoms with E-state index in [4.69, 9.17) is 9.97 Å². The lowest BCUT2D eigenvalue weighted by atomic mass is 10.2. The van der Waals surface area contributed by atoms with Crippen molar-refractivity contribution in [3.63, 3.8) is 0 Å². The second-order valence-corrected chi connectivity index (χ2v) is 5.33. The van der Waals surface area contributed by atoms with Crippen LogP contribution in [0.1, 0.15) is 0 Å². The number of para-hydroxylation sites is 1. The van der Waals surface area contributed by atoms with Crippen molar-refractivity contribution in [2.75, 3.05) is 38.0 Å². The first-order valence-electron chi connectivity index (χ1n) is 6.61. The highest BCUT2D eigenvalue weighted by Gasteiger charge is 2.08. The summed E-state index contributed by atoms with van der Waals surface area (Å²) in [6.07, 6.45) is 0. The highest BCUT2D eigenvalue weighted by molar-refractivity contribution is 5.94. The zero-order valence-electron chi connectivity index (χ0n) is 12.3. The predicted octanol–water partition coefficient (Wildman–Crippen LogP) is 2.92. The fraction of sp³-hybridized carbons (Fsp3) is 0.250. The molecule has 0 bridgehead atoms. The van der Waals surface area contributed by atoms with Crippen molar-refractivity contribution in [1.82, 2.24) is 9.97 Å². The first kappa shape index (κ1) is 12.7. The monoisotopic (exact) mass is 266 g/mol. The van der Waals surface area contributed by atoms with E-state index >= 15 is 0 Å². The third kappa shape index (κ3) is 2.03. The van der Waals surface area contributed by atoms with Crippen molar-refractivity contribution >= 4 is 33.4 Å². The maximum Gasteiger partial charge on any atom is 0.113 e. The molecule has 0 aliphatic carbocycles. The Morgan fingerprint density at radius 3 is 2.25 bits per heavy atom. The minimum Gasteiger partial charge on any atom is -0.378 e. The lowest BCUT2D eigenvalue weighted by Gasteiger charge is -2.15. The standard InChI is InChI=1S/C16H18N4/c1-19(2)11-8-9-12-14(10-11)18-16-13(17-12)6-5-7-15(16)20(3)4/h5-10H,1-4H3. The molecule has 0 saturated heterocycles. The van der Waals surface area contributed by atoms with Gasteiger partial charge in [-0.1, -0.05) is 6.07 Å². The van der Waals surface area contributed by atoms with Crippen LogP contribution in [0.4, 0.5) is 11.4 Å². The van der Waals surface area contributed by atoms with Crippen LogP contribution in [0.2, 0.25) is 0 Å². The van der Waals surface area contributed by atoms with Gasteiger partial charge in [-0.05, 0) is 30.3 Å². The minimum absolute atomic E-state index is 0.929. The topological polar surface area (TPSA) is 32.3 Å². The van der Waals surface area contributed by atoms with Crippen molar-refractivity contribution in [2.45, 2.75) is 0 Å². The average molecular weight is 266 g/mol. The Kier molecular flexibility index (Phi) is 2.93. The van der Waals surface area contributed by atoms with E-state index < -0.39 is 0 Å². The second-order valence-electron chi connectivity index (χ2n) is 5.33. The Balaban J connectivity index is 2.33. The Morgan fingerprint density at radius 1 is 0.750 bits per heavy atom. The third-order valence-corrected chi connectivity index (χ3v) is 3.42. The minimum atomic E-state index is 0.929. The van der Waals surface area contributed by atoms with Crippen LogP contribution in [0.25, 0.3) is 22.1 Å². The molecule has 0 aliphatic rings. The number of hydrogen-bond donors (Lipinski definition) is 0. The van der Waals surface area contributed by atoms with Crippen LogP contribution in [0.15, 0.2) is 36.4 Å². The maximum absolute atomic E-state index is 4.81. The van der Waals surface area contributed by atoms with Crippen LogP contribution in [0, 0.1) is 0 Å². The van der Waals surface area contributed by atoms with E-state index in [1.807, 2.05) is 46.4 Å². The molecule has 3 aromatic rings. The fourth-order valence-electron chi connectivity index (χ4n) is 2.31. The van der Waals surface area contributed by atoms with Crippen LogP contribution in [0.5, 0.6) is 0 Å². The van der Waals surface area contributed by atoms with Gasteiger partial charge in [-0.15, -0.1) is 0 Å². The summed E-state index contributed by atoms with van der Waals surface area (Å²) in [6.45, 7) is 0. The van der Waals surface area contributed by atoms with Crippen molar-refractivity contribution in [2.24, 2.45) is 0 Å². The Bertz CT molecular complexity index is 778. The molecule has 0 N–H and O–H groups in total. The van der Waals surface area contributed by atoms with Crippen LogP contribution in [0.3, 0.4) is 0 Å². The van der Waals surface area contributed by atoms with Gasteiger partial charge in [0, 0.05) is 33.9 Å². The van der Waals surface area contributed by atoms with E-state index in [2.05, 4.69) is 28.0 Å². The normalized spacial score (nSPS) is 11.0.